The summed E-state index contributed by atoms with van der Waals surface area (Å²) in [5.41, 5.74) is 6.59. The lowest BCUT2D eigenvalue weighted by molar-refractivity contribution is -0.136. The molecule has 3 N–H and O–H groups in total. The third-order valence-corrected chi connectivity index (χ3v) is 2.62. The molecule has 0 radical (unpaired) electrons. The average Bonchev–Trinajstić information content (AvgIpc) is 2.25. The summed E-state index contributed by atoms with van der Waals surface area (Å²) in [6.45, 7) is 1.40. The number of hydrogen-bond donors (Lipinski definition) is 2. The summed E-state index contributed by atoms with van der Waals surface area (Å²) in [7, 11) is 3.14. The predicted molar refractivity (Wildman–Crippen MR) is 72.6 cm³/mol. The minimum Gasteiger partial charge on any atom is -0.399 e. The van der Waals surface area contributed by atoms with Gasteiger partial charge < -0.3 is 16.0 Å². The van der Waals surface area contributed by atoms with Gasteiger partial charge >= 0.3 is 6.18 Å². The Balaban J connectivity index is 2.98. The maximum absolute atomic E-state index is 12.3. The summed E-state index contributed by atoms with van der Waals surface area (Å²) in [5, 5.41) is 2.70. The molecule has 0 aliphatic heterocycles. The average molecular weight is 289 g/mol. The minimum absolute atomic E-state index is 0.290. The highest BCUT2D eigenvalue weighted by atomic mass is 19.4. The molecule has 0 spiro atoms. The van der Waals surface area contributed by atoms with E-state index in [4.69, 9.17) is 5.73 Å². The van der Waals surface area contributed by atoms with E-state index < -0.39 is 18.6 Å². The summed E-state index contributed by atoms with van der Waals surface area (Å²) in [4.78, 5) is 13.3. The monoisotopic (exact) mass is 289 g/mol. The fourth-order valence-electron chi connectivity index (χ4n) is 1.77. The number of alkyl halides is 3. The van der Waals surface area contributed by atoms with Gasteiger partial charge in [0.1, 0.15) is 0 Å². The summed E-state index contributed by atoms with van der Waals surface area (Å²) >= 11 is 0. The number of halogens is 3. The lowest BCUT2D eigenvalue weighted by Gasteiger charge is -2.20. The number of hydrogen-bond acceptors (Lipinski definition) is 3. The first-order valence-corrected chi connectivity index (χ1v) is 6.04. The molecule has 112 valence electrons. The Morgan fingerprint density at radius 3 is 2.50 bits per heavy atom. The van der Waals surface area contributed by atoms with Crippen LogP contribution >= 0.6 is 0 Å². The second kappa shape index (κ2) is 6.02. The summed E-state index contributed by atoms with van der Waals surface area (Å²) in [5.74, 6) is -0.299. The van der Waals surface area contributed by atoms with Crippen molar-refractivity contribution in [1.82, 2.24) is 4.90 Å². The van der Waals surface area contributed by atoms with E-state index in [1.165, 1.54) is 30.0 Å². The van der Waals surface area contributed by atoms with Gasteiger partial charge in [-0.15, -0.1) is 0 Å². The summed E-state index contributed by atoms with van der Waals surface area (Å²) in [6.07, 6.45) is -5.25. The zero-order valence-electron chi connectivity index (χ0n) is 11.6. The van der Waals surface area contributed by atoms with E-state index in [1.807, 2.05) is 0 Å². The van der Waals surface area contributed by atoms with Crippen molar-refractivity contribution in [3.05, 3.63) is 23.8 Å². The lowest BCUT2D eigenvalue weighted by atomic mass is 10.1. The van der Waals surface area contributed by atoms with Crippen LogP contribution in [-0.4, -0.2) is 37.1 Å². The van der Waals surface area contributed by atoms with Crippen molar-refractivity contribution in [3.8, 4) is 0 Å². The van der Waals surface area contributed by atoms with Gasteiger partial charge in [-0.1, -0.05) is 0 Å². The molecule has 0 fully saturated rings. The van der Waals surface area contributed by atoms with Crippen molar-refractivity contribution in [2.75, 3.05) is 25.1 Å². The zero-order chi connectivity index (χ0) is 15.5. The Morgan fingerprint density at radius 2 is 2.00 bits per heavy atom. The first-order valence-electron chi connectivity index (χ1n) is 6.04. The Labute approximate surface area is 115 Å². The fraction of sp³-hybridized carbons (Fsp3) is 0.462. The SMILES string of the molecule is CC(CC(F)(F)F)Nc1cc(N)ccc1C(=O)N(C)C. The van der Waals surface area contributed by atoms with Gasteiger partial charge in [0, 0.05) is 31.5 Å². The number of nitrogen functional groups attached to an aromatic ring is 1. The van der Waals surface area contributed by atoms with E-state index in [9.17, 15) is 18.0 Å². The van der Waals surface area contributed by atoms with Crippen LogP contribution in [0.1, 0.15) is 23.7 Å². The van der Waals surface area contributed by atoms with Crippen LogP contribution in [0.2, 0.25) is 0 Å². The van der Waals surface area contributed by atoms with Gasteiger partial charge in [-0.05, 0) is 25.1 Å². The highest BCUT2D eigenvalue weighted by Gasteiger charge is 2.30. The smallest absolute Gasteiger partial charge is 0.391 e. The Morgan fingerprint density at radius 1 is 1.40 bits per heavy atom. The van der Waals surface area contributed by atoms with Crippen LogP contribution < -0.4 is 11.1 Å². The standard InChI is InChI=1S/C13H18F3N3O/c1-8(7-13(14,15)16)18-11-6-9(17)4-5-10(11)12(20)19(2)3/h4-6,8,18H,7,17H2,1-3H3. The molecule has 0 saturated carbocycles. The molecule has 7 heteroatoms. The maximum atomic E-state index is 12.3. The highest BCUT2D eigenvalue weighted by molar-refractivity contribution is 6.00. The molecule has 0 aliphatic carbocycles. The van der Waals surface area contributed by atoms with Crippen LogP contribution in [-0.2, 0) is 0 Å². The van der Waals surface area contributed by atoms with Crippen LogP contribution in [0.3, 0.4) is 0 Å². The van der Waals surface area contributed by atoms with Gasteiger partial charge in [0.15, 0.2) is 0 Å². The van der Waals surface area contributed by atoms with Crippen LogP contribution in [0.5, 0.6) is 0 Å². The number of anilines is 2. The van der Waals surface area contributed by atoms with E-state index in [0.717, 1.165) is 0 Å². The predicted octanol–water partition coefficient (Wildman–Crippen LogP) is 2.72. The number of carbonyl (C=O) groups is 1. The van der Waals surface area contributed by atoms with Crippen LogP contribution in [0, 0.1) is 0 Å². The molecule has 1 rings (SSSR count). The van der Waals surface area contributed by atoms with E-state index in [1.54, 1.807) is 14.1 Å². The molecular formula is C13H18F3N3O. The van der Waals surface area contributed by atoms with Crippen molar-refractivity contribution < 1.29 is 18.0 Å². The molecule has 0 heterocycles. The first-order chi connectivity index (χ1) is 9.10. The summed E-state index contributed by atoms with van der Waals surface area (Å²) in [6, 6.07) is 3.64. The van der Waals surface area contributed by atoms with Gasteiger partial charge in [-0.2, -0.15) is 13.2 Å². The fourth-order valence-corrected chi connectivity index (χ4v) is 1.77. The Kier molecular flexibility index (Phi) is 4.86. The number of nitrogens with zero attached hydrogens (tertiary/aromatic N) is 1. The summed E-state index contributed by atoms with van der Waals surface area (Å²) < 4.78 is 37.0. The zero-order valence-corrected chi connectivity index (χ0v) is 11.6. The van der Waals surface area contributed by atoms with E-state index in [2.05, 4.69) is 5.32 Å². The van der Waals surface area contributed by atoms with Crippen molar-refractivity contribution in [2.45, 2.75) is 25.6 Å². The topological polar surface area (TPSA) is 58.4 Å². The van der Waals surface area contributed by atoms with Gasteiger partial charge in [0.25, 0.3) is 5.91 Å². The molecule has 1 aromatic carbocycles. The molecule has 0 saturated heterocycles. The first kappa shape index (κ1) is 16.1. The molecule has 1 aromatic rings. The second-order valence-electron chi connectivity index (χ2n) is 4.87. The molecular weight excluding hydrogens is 271 g/mol. The molecule has 1 atom stereocenters. The second-order valence-corrected chi connectivity index (χ2v) is 4.87. The molecule has 1 amide bonds. The lowest BCUT2D eigenvalue weighted by Crippen LogP contribution is -2.27. The maximum Gasteiger partial charge on any atom is 0.391 e. The number of nitrogens with two attached hydrogens (primary N) is 1. The van der Waals surface area contributed by atoms with Crippen molar-refractivity contribution in [1.29, 1.82) is 0 Å². The largest absolute Gasteiger partial charge is 0.399 e. The molecule has 0 aromatic heterocycles. The number of nitrogens with one attached hydrogen (secondary N) is 1. The van der Waals surface area contributed by atoms with Crippen molar-refractivity contribution >= 4 is 17.3 Å². The van der Waals surface area contributed by atoms with E-state index in [-0.39, 0.29) is 5.91 Å². The number of amides is 1. The normalized spacial score (nSPS) is 12.9. The van der Waals surface area contributed by atoms with Gasteiger partial charge in [0.2, 0.25) is 0 Å². The molecule has 20 heavy (non-hydrogen) atoms. The third kappa shape index (κ3) is 4.64. The van der Waals surface area contributed by atoms with Crippen LogP contribution in [0.15, 0.2) is 18.2 Å². The number of benzene rings is 1. The van der Waals surface area contributed by atoms with E-state index in [0.29, 0.717) is 16.9 Å². The quantitative estimate of drug-likeness (QED) is 0.838. The number of rotatable bonds is 4. The van der Waals surface area contributed by atoms with Crippen LogP contribution in [0.4, 0.5) is 24.5 Å². The highest BCUT2D eigenvalue weighted by Crippen LogP contribution is 2.26. The molecule has 4 nitrogen and oxygen atoms in total. The van der Waals surface area contributed by atoms with Gasteiger partial charge in [0.05, 0.1) is 12.0 Å². The molecule has 1 unspecified atom stereocenters. The Hall–Kier alpha value is -1.92. The van der Waals surface area contributed by atoms with Gasteiger partial charge in [-0.25, -0.2) is 0 Å². The number of carbonyl (C=O) groups excluding carboxylic acids is 1. The van der Waals surface area contributed by atoms with E-state index >= 15 is 0 Å². The van der Waals surface area contributed by atoms with Gasteiger partial charge in [-0.3, -0.25) is 4.79 Å². The van der Waals surface area contributed by atoms with Crippen molar-refractivity contribution in [3.63, 3.8) is 0 Å². The van der Waals surface area contributed by atoms with Crippen molar-refractivity contribution in [2.24, 2.45) is 0 Å². The Bertz CT molecular complexity index is 486. The van der Waals surface area contributed by atoms with Crippen LogP contribution in [0.25, 0.3) is 0 Å². The minimum atomic E-state index is -4.27. The molecule has 0 aliphatic rings. The third-order valence-electron chi connectivity index (χ3n) is 2.62. The molecule has 0 bridgehead atoms.